The molecular weight excluding hydrogens is 467 g/mol. The second-order valence-corrected chi connectivity index (χ2v) is 8.87. The van der Waals surface area contributed by atoms with Crippen LogP contribution in [0.5, 0.6) is 0 Å². The molecule has 0 aliphatic heterocycles. The molecule has 0 aliphatic carbocycles. The number of hydrogen-bond acceptors (Lipinski definition) is 0. The van der Waals surface area contributed by atoms with Crippen molar-refractivity contribution >= 4 is 10.9 Å². The Kier molecular flexibility index (Phi) is 9.70. The Labute approximate surface area is 194 Å². The van der Waals surface area contributed by atoms with Crippen molar-refractivity contribution in [3.63, 3.8) is 0 Å². The number of para-hydroxylation sites is 1. The van der Waals surface area contributed by atoms with Gasteiger partial charge in [0, 0.05) is 29.2 Å². The molecule has 0 N–H and O–H groups in total. The van der Waals surface area contributed by atoms with Gasteiger partial charge >= 0.3 is 0 Å². The number of nitrogens with zero attached hydrogens (tertiary/aromatic N) is 2. The zero-order valence-electron chi connectivity index (χ0n) is 18.4. The second-order valence-electron chi connectivity index (χ2n) is 8.87. The molecule has 158 valence electrons. The van der Waals surface area contributed by atoms with Crippen molar-refractivity contribution in [2.24, 2.45) is 0 Å². The highest BCUT2D eigenvalue weighted by molar-refractivity contribution is 5.83. The van der Waals surface area contributed by atoms with E-state index in [1.807, 2.05) is 0 Å². The lowest BCUT2D eigenvalue weighted by atomic mass is 10.1. The van der Waals surface area contributed by atoms with Gasteiger partial charge < -0.3 is 33.0 Å². The van der Waals surface area contributed by atoms with Crippen molar-refractivity contribution in [1.82, 2.24) is 4.57 Å². The van der Waals surface area contributed by atoms with E-state index in [-0.39, 0.29) is 24.0 Å². The minimum absolute atomic E-state index is 0. The summed E-state index contributed by atoms with van der Waals surface area (Å²) in [7, 11) is 4.77. The van der Waals surface area contributed by atoms with Crippen LogP contribution in [0.1, 0.15) is 56.6 Å². The Morgan fingerprint density at radius 2 is 1.45 bits per heavy atom. The molecule has 2 nitrogen and oxygen atoms in total. The van der Waals surface area contributed by atoms with Gasteiger partial charge in [-0.3, -0.25) is 0 Å². The molecule has 0 aliphatic rings. The van der Waals surface area contributed by atoms with E-state index in [4.69, 9.17) is 0 Å². The van der Waals surface area contributed by atoms with E-state index in [0.29, 0.717) is 0 Å². The lowest BCUT2D eigenvalue weighted by molar-refractivity contribution is -0.903. The number of fused-ring (bicyclic) bond motifs is 1. The molecule has 0 fully saturated rings. The summed E-state index contributed by atoms with van der Waals surface area (Å²) in [5, 5.41) is 1.41. The SMILES string of the molecule is CCCCCCCC[N+](C)(C)Cc1cn(Cc2ccccc2)c2ccccc12.[I-]. The van der Waals surface area contributed by atoms with Gasteiger partial charge in [-0.15, -0.1) is 0 Å². The molecule has 3 heteroatoms. The van der Waals surface area contributed by atoms with Crippen LogP contribution in [0.15, 0.2) is 60.8 Å². The Balaban J connectivity index is 0.00000300. The second kappa shape index (κ2) is 11.8. The smallest absolute Gasteiger partial charge is 0.106 e. The Bertz CT molecular complexity index is 852. The summed E-state index contributed by atoms with van der Waals surface area (Å²) < 4.78 is 3.48. The first-order valence-corrected chi connectivity index (χ1v) is 11.0. The molecule has 29 heavy (non-hydrogen) atoms. The fourth-order valence-electron chi connectivity index (χ4n) is 4.22. The van der Waals surface area contributed by atoms with Crippen molar-refractivity contribution in [2.75, 3.05) is 20.6 Å². The molecule has 0 atom stereocenters. The van der Waals surface area contributed by atoms with Gasteiger partial charge in [0.2, 0.25) is 0 Å². The number of halogens is 1. The van der Waals surface area contributed by atoms with Crippen molar-refractivity contribution < 1.29 is 28.5 Å². The molecule has 2 aromatic carbocycles. The molecule has 0 bridgehead atoms. The maximum atomic E-state index is 2.42. The first-order chi connectivity index (χ1) is 13.6. The van der Waals surface area contributed by atoms with Crippen LogP contribution in [0.2, 0.25) is 0 Å². The van der Waals surface area contributed by atoms with E-state index >= 15 is 0 Å². The average molecular weight is 505 g/mol. The maximum Gasteiger partial charge on any atom is 0.106 e. The zero-order chi connectivity index (χ0) is 19.8. The first-order valence-electron chi connectivity index (χ1n) is 11.0. The summed E-state index contributed by atoms with van der Waals surface area (Å²) in [6.07, 6.45) is 10.6. The molecule has 0 saturated carbocycles. The summed E-state index contributed by atoms with van der Waals surface area (Å²) in [5.41, 5.74) is 4.18. The van der Waals surface area contributed by atoms with Crippen LogP contribution in [0.25, 0.3) is 10.9 Å². The largest absolute Gasteiger partial charge is 1.00 e. The van der Waals surface area contributed by atoms with Crippen LogP contribution < -0.4 is 24.0 Å². The quantitative estimate of drug-likeness (QED) is 0.214. The number of aromatic nitrogens is 1. The fraction of sp³-hybridized carbons (Fsp3) is 0.462. The fourth-order valence-corrected chi connectivity index (χ4v) is 4.22. The molecule has 0 spiro atoms. The maximum absolute atomic E-state index is 2.42. The minimum atomic E-state index is 0. The van der Waals surface area contributed by atoms with Crippen LogP contribution in [0.4, 0.5) is 0 Å². The summed E-state index contributed by atoms with van der Waals surface area (Å²) >= 11 is 0. The summed E-state index contributed by atoms with van der Waals surface area (Å²) in [6.45, 7) is 5.57. The number of benzene rings is 2. The summed E-state index contributed by atoms with van der Waals surface area (Å²) in [6, 6.07) is 19.7. The Morgan fingerprint density at radius 1 is 0.793 bits per heavy atom. The molecule has 1 heterocycles. The van der Waals surface area contributed by atoms with E-state index in [1.165, 1.54) is 67.1 Å². The van der Waals surface area contributed by atoms with E-state index < -0.39 is 0 Å². The van der Waals surface area contributed by atoms with Crippen molar-refractivity contribution in [3.05, 3.63) is 71.9 Å². The molecule has 0 unspecified atom stereocenters. The van der Waals surface area contributed by atoms with Gasteiger partial charge in [-0.25, -0.2) is 0 Å². The normalized spacial score (nSPS) is 11.6. The highest BCUT2D eigenvalue weighted by Gasteiger charge is 2.19. The highest BCUT2D eigenvalue weighted by Crippen LogP contribution is 2.25. The topological polar surface area (TPSA) is 4.93 Å². The molecule has 3 rings (SSSR count). The van der Waals surface area contributed by atoms with Gasteiger partial charge in [-0.2, -0.15) is 0 Å². The molecule has 0 radical (unpaired) electrons. The van der Waals surface area contributed by atoms with Gasteiger partial charge in [0.15, 0.2) is 0 Å². The summed E-state index contributed by atoms with van der Waals surface area (Å²) in [5.74, 6) is 0. The standard InChI is InChI=1S/C26H37N2.HI/c1-4-5-6-7-8-14-19-28(2,3)22-24-21-27(20-23-15-10-9-11-16-23)26-18-13-12-17-25(24)26;/h9-13,15-18,21H,4-8,14,19-20,22H2,1-3H3;1H/q+1;/p-1. The van der Waals surface area contributed by atoms with Crippen LogP contribution >= 0.6 is 0 Å². The zero-order valence-corrected chi connectivity index (χ0v) is 20.6. The third-order valence-electron chi connectivity index (χ3n) is 5.78. The van der Waals surface area contributed by atoms with Crippen LogP contribution in [-0.4, -0.2) is 29.7 Å². The monoisotopic (exact) mass is 504 g/mol. The number of hydrogen-bond donors (Lipinski definition) is 0. The average Bonchev–Trinajstić information content (AvgIpc) is 3.02. The van der Waals surface area contributed by atoms with E-state index in [2.05, 4.69) is 86.4 Å². The van der Waals surface area contributed by atoms with Gasteiger partial charge in [-0.05, 0) is 24.5 Å². The van der Waals surface area contributed by atoms with Gasteiger partial charge in [0.1, 0.15) is 6.54 Å². The van der Waals surface area contributed by atoms with Crippen molar-refractivity contribution in [1.29, 1.82) is 0 Å². The predicted molar refractivity (Wildman–Crippen MR) is 122 cm³/mol. The lowest BCUT2D eigenvalue weighted by Gasteiger charge is -2.29. The third-order valence-corrected chi connectivity index (χ3v) is 5.78. The number of unbranched alkanes of at least 4 members (excludes halogenated alkanes) is 5. The highest BCUT2D eigenvalue weighted by atomic mass is 127. The molecular formula is C26H37IN2. The van der Waals surface area contributed by atoms with Gasteiger partial charge in [0.25, 0.3) is 0 Å². The van der Waals surface area contributed by atoms with Gasteiger partial charge in [0.05, 0.1) is 20.6 Å². The Hall–Kier alpha value is -1.33. The van der Waals surface area contributed by atoms with E-state index in [0.717, 1.165) is 17.6 Å². The van der Waals surface area contributed by atoms with E-state index in [9.17, 15) is 0 Å². The molecule has 3 aromatic rings. The Morgan fingerprint density at radius 3 is 2.21 bits per heavy atom. The number of rotatable bonds is 11. The molecule has 1 aromatic heterocycles. The van der Waals surface area contributed by atoms with Crippen LogP contribution in [0, 0.1) is 0 Å². The first kappa shape index (κ1) is 23.9. The van der Waals surface area contributed by atoms with Crippen LogP contribution in [0.3, 0.4) is 0 Å². The minimum Gasteiger partial charge on any atom is -1.00 e. The molecule has 0 amide bonds. The van der Waals surface area contributed by atoms with Crippen molar-refractivity contribution in [2.45, 2.75) is 58.5 Å². The predicted octanol–water partition coefficient (Wildman–Crippen LogP) is 3.63. The van der Waals surface area contributed by atoms with Gasteiger partial charge in [-0.1, -0.05) is 81.1 Å². The lowest BCUT2D eigenvalue weighted by Crippen LogP contribution is -3.00. The van der Waals surface area contributed by atoms with E-state index in [1.54, 1.807) is 0 Å². The van der Waals surface area contributed by atoms with Crippen molar-refractivity contribution in [3.8, 4) is 0 Å². The molecule has 0 saturated heterocycles. The number of quaternary nitrogens is 1. The van der Waals surface area contributed by atoms with Crippen LogP contribution in [-0.2, 0) is 13.1 Å². The summed E-state index contributed by atoms with van der Waals surface area (Å²) in [4.78, 5) is 0. The third kappa shape index (κ3) is 7.14.